The van der Waals surface area contributed by atoms with Crippen molar-refractivity contribution in [3.05, 3.63) is 24.3 Å². The number of aliphatic carboxylic acids is 1. The summed E-state index contributed by atoms with van der Waals surface area (Å²) in [6, 6.07) is 0. The summed E-state index contributed by atoms with van der Waals surface area (Å²) >= 11 is 0. The molecule has 0 amide bonds. The monoisotopic (exact) mass is 302 g/mol. The van der Waals surface area contributed by atoms with Crippen LogP contribution in [0.25, 0.3) is 0 Å². The van der Waals surface area contributed by atoms with E-state index < -0.39 is 11.4 Å². The van der Waals surface area contributed by atoms with Crippen LogP contribution in [-0.2, 0) is 4.79 Å². The van der Waals surface area contributed by atoms with E-state index in [0.717, 1.165) is 38.5 Å². The number of carboxylic acid groups (broad SMARTS) is 1. The highest BCUT2D eigenvalue weighted by molar-refractivity contribution is 5.75. The standard InChI is InChI=1S/C20H30O2/c1-5-18(2)12-9-15-14(13-18)7-8-16-19(15,3)10-6-11-20(16,4)17(21)22/h5,9,14,16H,1,6-8,10-13H2,2-4H3,(H,21,22)/t14?,16?,18-,19+,20-/m1/s1. The van der Waals surface area contributed by atoms with Gasteiger partial charge in [-0.1, -0.05) is 38.0 Å². The molecule has 0 radical (unpaired) electrons. The zero-order chi connectivity index (χ0) is 16.2. The molecule has 1 N–H and O–H groups in total. The first kappa shape index (κ1) is 15.8. The highest BCUT2D eigenvalue weighted by atomic mass is 16.4. The lowest BCUT2D eigenvalue weighted by atomic mass is 9.46. The molecule has 0 saturated heterocycles. The molecule has 3 aliphatic rings. The second kappa shape index (κ2) is 4.97. The third-order valence-corrected chi connectivity index (χ3v) is 7.32. The first-order valence-electron chi connectivity index (χ1n) is 8.83. The first-order valence-corrected chi connectivity index (χ1v) is 8.83. The van der Waals surface area contributed by atoms with Gasteiger partial charge in [-0.15, -0.1) is 6.58 Å². The van der Waals surface area contributed by atoms with Gasteiger partial charge in [-0.3, -0.25) is 4.79 Å². The molecule has 0 aromatic rings. The van der Waals surface area contributed by atoms with Gasteiger partial charge in [0.25, 0.3) is 0 Å². The molecule has 122 valence electrons. The normalized spacial score (nSPS) is 47.9. The van der Waals surface area contributed by atoms with E-state index in [0.29, 0.717) is 11.8 Å². The van der Waals surface area contributed by atoms with E-state index >= 15 is 0 Å². The van der Waals surface area contributed by atoms with Gasteiger partial charge in [0.1, 0.15) is 0 Å². The molecule has 5 atom stereocenters. The molecular weight excluding hydrogens is 272 g/mol. The molecule has 0 bridgehead atoms. The predicted molar refractivity (Wildman–Crippen MR) is 89.5 cm³/mol. The average molecular weight is 302 g/mol. The number of rotatable bonds is 2. The largest absolute Gasteiger partial charge is 0.481 e. The van der Waals surface area contributed by atoms with E-state index in [4.69, 9.17) is 0 Å². The van der Waals surface area contributed by atoms with Crippen LogP contribution in [0.15, 0.2) is 24.3 Å². The smallest absolute Gasteiger partial charge is 0.309 e. The van der Waals surface area contributed by atoms with Crippen LogP contribution in [0, 0.1) is 28.1 Å². The Labute approximate surface area is 134 Å². The SMILES string of the molecule is C=C[C@]1(C)CC=C2C(CCC3[C@](C)(C(=O)O)CCC[C@@]23C)C1. The maximum Gasteiger partial charge on any atom is 0.309 e. The number of hydrogen-bond acceptors (Lipinski definition) is 1. The third kappa shape index (κ3) is 2.10. The Bertz CT molecular complexity index is 534. The minimum Gasteiger partial charge on any atom is -0.481 e. The van der Waals surface area contributed by atoms with Gasteiger partial charge in [0, 0.05) is 0 Å². The summed E-state index contributed by atoms with van der Waals surface area (Å²) in [6.45, 7) is 10.7. The fourth-order valence-corrected chi connectivity index (χ4v) is 5.87. The molecule has 2 fully saturated rings. The van der Waals surface area contributed by atoms with Crippen molar-refractivity contribution in [2.24, 2.45) is 28.1 Å². The quantitative estimate of drug-likeness (QED) is 0.711. The highest BCUT2D eigenvalue weighted by Crippen LogP contribution is 2.63. The summed E-state index contributed by atoms with van der Waals surface area (Å²) in [4.78, 5) is 11.9. The summed E-state index contributed by atoms with van der Waals surface area (Å²) in [5.41, 5.74) is 1.35. The van der Waals surface area contributed by atoms with Gasteiger partial charge in [0.15, 0.2) is 0 Å². The summed E-state index contributed by atoms with van der Waals surface area (Å²) < 4.78 is 0. The van der Waals surface area contributed by atoms with E-state index in [1.165, 1.54) is 6.42 Å². The second-order valence-corrected chi connectivity index (χ2v) is 8.75. The number of carbonyl (C=O) groups is 1. The molecule has 3 aliphatic carbocycles. The van der Waals surface area contributed by atoms with Crippen LogP contribution in [0.4, 0.5) is 0 Å². The van der Waals surface area contributed by atoms with Crippen molar-refractivity contribution in [3.8, 4) is 0 Å². The fraction of sp³-hybridized carbons (Fsp3) is 0.750. The van der Waals surface area contributed by atoms with Crippen LogP contribution < -0.4 is 0 Å². The second-order valence-electron chi connectivity index (χ2n) is 8.75. The summed E-state index contributed by atoms with van der Waals surface area (Å²) in [5, 5.41) is 9.84. The van der Waals surface area contributed by atoms with E-state index in [9.17, 15) is 9.90 Å². The molecule has 0 aromatic heterocycles. The topological polar surface area (TPSA) is 37.3 Å². The molecule has 0 aromatic carbocycles. The number of hydrogen-bond donors (Lipinski definition) is 1. The molecule has 2 nitrogen and oxygen atoms in total. The van der Waals surface area contributed by atoms with Gasteiger partial charge in [-0.25, -0.2) is 0 Å². The Kier molecular flexibility index (Phi) is 3.58. The van der Waals surface area contributed by atoms with Crippen molar-refractivity contribution >= 4 is 5.97 Å². The molecule has 3 rings (SSSR count). The average Bonchev–Trinajstić information content (AvgIpc) is 2.46. The lowest BCUT2D eigenvalue weighted by Gasteiger charge is -2.58. The maximum absolute atomic E-state index is 11.9. The van der Waals surface area contributed by atoms with Crippen molar-refractivity contribution in [1.29, 1.82) is 0 Å². The minimum atomic E-state index is -0.589. The van der Waals surface area contributed by atoms with Gasteiger partial charge in [-0.2, -0.15) is 0 Å². The minimum absolute atomic E-state index is 0.0941. The molecule has 22 heavy (non-hydrogen) atoms. The van der Waals surface area contributed by atoms with Crippen LogP contribution in [0.5, 0.6) is 0 Å². The van der Waals surface area contributed by atoms with Gasteiger partial charge < -0.3 is 5.11 Å². The van der Waals surface area contributed by atoms with Crippen molar-refractivity contribution in [1.82, 2.24) is 0 Å². The van der Waals surface area contributed by atoms with Gasteiger partial charge in [0.05, 0.1) is 5.41 Å². The molecule has 2 unspecified atom stereocenters. The maximum atomic E-state index is 11.9. The van der Waals surface area contributed by atoms with E-state index in [-0.39, 0.29) is 10.8 Å². The van der Waals surface area contributed by atoms with Crippen LogP contribution >= 0.6 is 0 Å². The molecule has 2 heteroatoms. The Hall–Kier alpha value is -1.05. The summed E-state index contributed by atoms with van der Waals surface area (Å²) in [5.74, 6) is 0.338. The van der Waals surface area contributed by atoms with Crippen molar-refractivity contribution in [2.45, 2.75) is 65.7 Å². The Morgan fingerprint density at radius 1 is 1.32 bits per heavy atom. The van der Waals surface area contributed by atoms with E-state index in [1.54, 1.807) is 5.57 Å². The molecule has 0 heterocycles. The van der Waals surface area contributed by atoms with Gasteiger partial charge in [-0.05, 0) is 68.1 Å². The van der Waals surface area contributed by atoms with Crippen molar-refractivity contribution in [2.75, 3.05) is 0 Å². The van der Waals surface area contributed by atoms with E-state index in [1.807, 2.05) is 6.92 Å². The van der Waals surface area contributed by atoms with Crippen LogP contribution in [-0.4, -0.2) is 11.1 Å². The molecule has 0 aliphatic heterocycles. The Morgan fingerprint density at radius 2 is 2.05 bits per heavy atom. The summed E-state index contributed by atoms with van der Waals surface area (Å²) in [6.07, 6.45) is 12.1. The number of carboxylic acids is 1. The summed E-state index contributed by atoms with van der Waals surface area (Å²) in [7, 11) is 0. The zero-order valence-corrected chi connectivity index (χ0v) is 14.3. The highest BCUT2D eigenvalue weighted by Gasteiger charge is 2.57. The first-order chi connectivity index (χ1) is 10.3. The zero-order valence-electron chi connectivity index (χ0n) is 14.3. The van der Waals surface area contributed by atoms with Crippen molar-refractivity contribution < 1.29 is 9.90 Å². The number of allylic oxidation sites excluding steroid dienone is 3. The third-order valence-electron chi connectivity index (χ3n) is 7.32. The van der Waals surface area contributed by atoms with Crippen LogP contribution in [0.2, 0.25) is 0 Å². The van der Waals surface area contributed by atoms with Crippen LogP contribution in [0.1, 0.15) is 65.7 Å². The molecular formula is C20H30O2. The number of fused-ring (bicyclic) bond motifs is 3. The van der Waals surface area contributed by atoms with Gasteiger partial charge >= 0.3 is 5.97 Å². The fourth-order valence-electron chi connectivity index (χ4n) is 5.87. The van der Waals surface area contributed by atoms with Gasteiger partial charge in [0.2, 0.25) is 0 Å². The van der Waals surface area contributed by atoms with Crippen LogP contribution in [0.3, 0.4) is 0 Å². The Morgan fingerprint density at radius 3 is 2.68 bits per heavy atom. The lowest BCUT2D eigenvalue weighted by Crippen LogP contribution is -2.52. The predicted octanol–water partition coefficient (Wildman–Crippen LogP) is 5.21. The van der Waals surface area contributed by atoms with Crippen molar-refractivity contribution in [3.63, 3.8) is 0 Å². The lowest BCUT2D eigenvalue weighted by molar-refractivity contribution is -0.160. The van der Waals surface area contributed by atoms with E-state index in [2.05, 4.69) is 32.6 Å². The molecule has 0 spiro atoms. The molecule has 2 saturated carbocycles. The Balaban J connectivity index is 1.99.